The quantitative estimate of drug-likeness (QED) is 0.857. The predicted molar refractivity (Wildman–Crippen MR) is 80.0 cm³/mol. The average Bonchev–Trinajstić information content (AvgIpc) is 2.48. The lowest BCUT2D eigenvalue weighted by atomic mass is 9.99. The molecular weight excluding hydrogens is 269 g/mol. The van der Waals surface area contributed by atoms with Crippen molar-refractivity contribution in [2.45, 2.75) is 19.4 Å². The van der Waals surface area contributed by atoms with E-state index >= 15 is 0 Å². The second kappa shape index (κ2) is 6.99. The van der Waals surface area contributed by atoms with Gasteiger partial charge >= 0.3 is 5.97 Å². The molecule has 2 N–H and O–H groups in total. The average molecular weight is 287 g/mol. The van der Waals surface area contributed by atoms with Gasteiger partial charge in [0.05, 0.1) is 13.0 Å². The van der Waals surface area contributed by atoms with Crippen molar-refractivity contribution in [2.75, 3.05) is 6.61 Å². The molecule has 1 atom stereocenters. The molecule has 0 aliphatic rings. The summed E-state index contributed by atoms with van der Waals surface area (Å²) in [5, 5.41) is 0. The maximum Gasteiger partial charge on any atom is 0.307 e. The van der Waals surface area contributed by atoms with Crippen LogP contribution in [0.4, 0.5) is 4.39 Å². The van der Waals surface area contributed by atoms with Crippen LogP contribution in [0.5, 0.6) is 0 Å². The van der Waals surface area contributed by atoms with E-state index in [4.69, 9.17) is 10.5 Å². The van der Waals surface area contributed by atoms with E-state index in [1.54, 1.807) is 19.1 Å². The number of nitrogens with two attached hydrogens (primary N) is 1. The SMILES string of the molecule is CCOC(=O)CC(N)c1ccc(-c2ccccc2)c(F)c1. The molecule has 0 saturated carbocycles. The number of esters is 1. The molecular formula is C17H18FNO2. The van der Waals surface area contributed by atoms with Crippen molar-refractivity contribution in [3.8, 4) is 11.1 Å². The van der Waals surface area contributed by atoms with Crippen molar-refractivity contribution in [1.82, 2.24) is 0 Å². The van der Waals surface area contributed by atoms with Crippen LogP contribution in [0.1, 0.15) is 24.9 Å². The summed E-state index contributed by atoms with van der Waals surface area (Å²) in [4.78, 5) is 11.4. The van der Waals surface area contributed by atoms with Crippen LogP contribution < -0.4 is 5.73 Å². The highest BCUT2D eigenvalue weighted by molar-refractivity contribution is 5.70. The van der Waals surface area contributed by atoms with Gasteiger partial charge in [-0.1, -0.05) is 42.5 Å². The summed E-state index contributed by atoms with van der Waals surface area (Å²) in [5.41, 5.74) is 7.82. The Labute approximate surface area is 123 Å². The molecule has 0 amide bonds. The van der Waals surface area contributed by atoms with Crippen molar-refractivity contribution >= 4 is 5.97 Å². The van der Waals surface area contributed by atoms with Gasteiger partial charge in [-0.25, -0.2) is 4.39 Å². The largest absolute Gasteiger partial charge is 0.466 e. The van der Waals surface area contributed by atoms with Gasteiger partial charge in [0.15, 0.2) is 0 Å². The van der Waals surface area contributed by atoms with Crippen molar-refractivity contribution < 1.29 is 13.9 Å². The molecule has 0 spiro atoms. The first-order chi connectivity index (χ1) is 10.1. The molecule has 1 unspecified atom stereocenters. The highest BCUT2D eigenvalue weighted by Crippen LogP contribution is 2.25. The zero-order valence-corrected chi connectivity index (χ0v) is 11.9. The van der Waals surface area contributed by atoms with Gasteiger partial charge in [-0.3, -0.25) is 4.79 Å². The monoisotopic (exact) mass is 287 g/mol. The fraction of sp³-hybridized carbons (Fsp3) is 0.235. The van der Waals surface area contributed by atoms with Gasteiger partial charge in [0, 0.05) is 11.6 Å². The molecule has 2 aromatic rings. The third-order valence-electron chi connectivity index (χ3n) is 3.20. The van der Waals surface area contributed by atoms with Gasteiger partial charge in [-0.15, -0.1) is 0 Å². The molecule has 0 aromatic heterocycles. The van der Waals surface area contributed by atoms with Crippen LogP contribution in [0.3, 0.4) is 0 Å². The first-order valence-electron chi connectivity index (χ1n) is 6.88. The second-order valence-electron chi connectivity index (χ2n) is 4.72. The Kier molecular flexibility index (Phi) is 5.06. The smallest absolute Gasteiger partial charge is 0.307 e. The molecule has 2 rings (SSSR count). The normalized spacial score (nSPS) is 12.0. The van der Waals surface area contributed by atoms with Crippen LogP contribution in [0.2, 0.25) is 0 Å². The van der Waals surface area contributed by atoms with Crippen LogP contribution in [-0.4, -0.2) is 12.6 Å². The predicted octanol–water partition coefficient (Wildman–Crippen LogP) is 3.45. The number of carbonyl (C=O) groups excluding carboxylic acids is 1. The number of benzene rings is 2. The summed E-state index contributed by atoms with van der Waals surface area (Å²) >= 11 is 0. The molecule has 0 fully saturated rings. The summed E-state index contributed by atoms with van der Waals surface area (Å²) in [6, 6.07) is 13.5. The van der Waals surface area contributed by atoms with E-state index in [0.717, 1.165) is 5.56 Å². The molecule has 3 nitrogen and oxygen atoms in total. The standard InChI is InChI=1S/C17H18FNO2/c1-2-21-17(20)11-16(19)13-8-9-14(15(18)10-13)12-6-4-3-5-7-12/h3-10,16H,2,11,19H2,1H3. The minimum absolute atomic E-state index is 0.0396. The Hall–Kier alpha value is -2.20. The number of hydrogen-bond acceptors (Lipinski definition) is 3. The minimum atomic E-state index is -0.566. The topological polar surface area (TPSA) is 52.3 Å². The van der Waals surface area contributed by atoms with Gasteiger partial charge in [0.2, 0.25) is 0 Å². The van der Waals surface area contributed by atoms with E-state index < -0.39 is 6.04 Å². The van der Waals surface area contributed by atoms with Crippen molar-refractivity contribution in [2.24, 2.45) is 5.73 Å². The fourth-order valence-corrected chi connectivity index (χ4v) is 2.13. The molecule has 0 aliphatic carbocycles. The summed E-state index contributed by atoms with van der Waals surface area (Å²) in [7, 11) is 0. The van der Waals surface area contributed by atoms with Crippen LogP contribution >= 0.6 is 0 Å². The van der Waals surface area contributed by atoms with Gasteiger partial charge in [0.25, 0.3) is 0 Å². The van der Waals surface area contributed by atoms with Crippen molar-refractivity contribution in [1.29, 1.82) is 0 Å². The third-order valence-corrected chi connectivity index (χ3v) is 3.20. The zero-order chi connectivity index (χ0) is 15.2. The van der Waals surface area contributed by atoms with Gasteiger partial charge in [-0.2, -0.15) is 0 Å². The lowest BCUT2D eigenvalue weighted by molar-refractivity contribution is -0.143. The molecule has 0 radical (unpaired) electrons. The van der Waals surface area contributed by atoms with E-state index in [-0.39, 0.29) is 18.2 Å². The molecule has 0 aliphatic heterocycles. The number of ether oxygens (including phenoxy) is 1. The number of carbonyl (C=O) groups is 1. The Bertz CT molecular complexity index is 613. The van der Waals surface area contributed by atoms with E-state index in [9.17, 15) is 9.18 Å². The van der Waals surface area contributed by atoms with Gasteiger partial charge in [0.1, 0.15) is 5.82 Å². The number of halogens is 1. The Morgan fingerprint density at radius 1 is 1.24 bits per heavy atom. The third kappa shape index (κ3) is 3.89. The second-order valence-corrected chi connectivity index (χ2v) is 4.72. The van der Waals surface area contributed by atoms with Crippen LogP contribution in [0, 0.1) is 5.82 Å². The van der Waals surface area contributed by atoms with E-state index in [2.05, 4.69) is 0 Å². The van der Waals surface area contributed by atoms with E-state index in [0.29, 0.717) is 17.7 Å². The molecule has 4 heteroatoms. The summed E-state index contributed by atoms with van der Waals surface area (Å²) in [6.45, 7) is 2.05. The first kappa shape index (κ1) is 15.2. The van der Waals surface area contributed by atoms with Gasteiger partial charge < -0.3 is 10.5 Å². The van der Waals surface area contributed by atoms with E-state index in [1.165, 1.54) is 6.07 Å². The lowest BCUT2D eigenvalue weighted by Crippen LogP contribution is -2.17. The maximum atomic E-state index is 14.2. The Morgan fingerprint density at radius 2 is 1.95 bits per heavy atom. The first-order valence-corrected chi connectivity index (χ1v) is 6.88. The Balaban J connectivity index is 2.17. The highest BCUT2D eigenvalue weighted by atomic mass is 19.1. The molecule has 0 heterocycles. The molecule has 2 aromatic carbocycles. The minimum Gasteiger partial charge on any atom is -0.466 e. The summed E-state index contributed by atoms with van der Waals surface area (Å²) < 4.78 is 19.1. The van der Waals surface area contributed by atoms with Crippen molar-refractivity contribution in [3.63, 3.8) is 0 Å². The van der Waals surface area contributed by atoms with E-state index in [1.807, 2.05) is 30.3 Å². The van der Waals surface area contributed by atoms with Crippen LogP contribution in [0.15, 0.2) is 48.5 Å². The number of hydrogen-bond donors (Lipinski definition) is 1. The van der Waals surface area contributed by atoms with Crippen LogP contribution in [-0.2, 0) is 9.53 Å². The molecule has 21 heavy (non-hydrogen) atoms. The van der Waals surface area contributed by atoms with Crippen LogP contribution in [0.25, 0.3) is 11.1 Å². The van der Waals surface area contributed by atoms with Crippen molar-refractivity contribution in [3.05, 3.63) is 59.9 Å². The summed E-state index contributed by atoms with van der Waals surface area (Å²) in [6.07, 6.45) is 0.0396. The Morgan fingerprint density at radius 3 is 2.57 bits per heavy atom. The maximum absolute atomic E-state index is 14.2. The fourth-order valence-electron chi connectivity index (χ4n) is 2.13. The lowest BCUT2D eigenvalue weighted by Gasteiger charge is -2.13. The zero-order valence-electron chi connectivity index (χ0n) is 11.9. The summed E-state index contributed by atoms with van der Waals surface area (Å²) in [5.74, 6) is -0.726. The molecule has 110 valence electrons. The molecule has 0 bridgehead atoms. The van der Waals surface area contributed by atoms with Gasteiger partial charge in [-0.05, 0) is 24.1 Å². The highest BCUT2D eigenvalue weighted by Gasteiger charge is 2.14. The molecule has 0 saturated heterocycles. The number of rotatable bonds is 5.